The number of phenols is 2. The van der Waals surface area contributed by atoms with Crippen LogP contribution in [0.3, 0.4) is 0 Å². The van der Waals surface area contributed by atoms with Crippen LogP contribution < -0.4 is 65.6 Å². The van der Waals surface area contributed by atoms with Crippen LogP contribution >= 0.6 is 11.6 Å². The zero-order valence-electron chi connectivity index (χ0n) is 43.0. The molecule has 1 aliphatic rings. The summed E-state index contributed by atoms with van der Waals surface area (Å²) in [4.78, 5) is 135. The molecule has 9 amide bonds. The van der Waals surface area contributed by atoms with Crippen LogP contribution in [-0.4, -0.2) is 197 Å². The number of aliphatic imine (C=N–C) groups is 1. The van der Waals surface area contributed by atoms with Gasteiger partial charge in [-0.15, -0.1) is 0 Å². The normalized spacial score (nSPS) is 15.1. The quantitative estimate of drug-likeness (QED) is 0.00739. The van der Waals surface area contributed by atoms with E-state index < -0.39 is 120 Å². The van der Waals surface area contributed by atoms with Gasteiger partial charge in [0.2, 0.25) is 41.4 Å². The Balaban J connectivity index is 1.55. The Morgan fingerprint density at radius 3 is 1.96 bits per heavy atom. The van der Waals surface area contributed by atoms with E-state index in [2.05, 4.69) is 57.2 Å². The first-order valence-electron chi connectivity index (χ1n) is 24.9. The van der Waals surface area contributed by atoms with Crippen LogP contribution in [-0.2, 0) is 38.4 Å². The number of aliphatic hydroxyl groups is 1. The molecule has 0 spiro atoms. The van der Waals surface area contributed by atoms with Gasteiger partial charge in [0, 0.05) is 26.6 Å². The molecule has 79 heavy (non-hydrogen) atoms. The first-order valence-corrected chi connectivity index (χ1v) is 25.2. The summed E-state index contributed by atoms with van der Waals surface area (Å²) in [6.45, 7) is -0.973. The van der Waals surface area contributed by atoms with Gasteiger partial charge in [-0.05, 0) is 83.4 Å². The van der Waals surface area contributed by atoms with Crippen LogP contribution in [0, 0.1) is 5.41 Å². The van der Waals surface area contributed by atoms with Crippen molar-refractivity contribution in [3.05, 3.63) is 34.8 Å². The number of aliphatic hydroxyl groups excluding tert-OH is 1. The summed E-state index contributed by atoms with van der Waals surface area (Å²) in [7, 11) is 0. The van der Waals surface area contributed by atoms with E-state index in [0.29, 0.717) is 16.5 Å². The van der Waals surface area contributed by atoms with Crippen molar-refractivity contribution in [3.63, 3.8) is 0 Å². The second-order valence-electron chi connectivity index (χ2n) is 18.0. The maximum absolute atomic E-state index is 14.2. The number of hydrogen-bond donors (Lipinski definition) is 18. The van der Waals surface area contributed by atoms with Gasteiger partial charge in [0.25, 0.3) is 11.8 Å². The zero-order chi connectivity index (χ0) is 58.5. The molecule has 3 aromatic rings. The number of aromatic nitrogens is 4. The number of phenolic OH excluding ortho intramolecular Hbond substituents is 2. The molecule has 6 atom stereocenters. The number of carbonyl (C=O) groups is 9. The monoisotopic (exact) mass is 1130 g/mol. The predicted octanol–water partition coefficient (Wildman–Crippen LogP) is -5.52. The third-order valence-corrected chi connectivity index (χ3v) is 12.4. The molecule has 0 saturated carbocycles. The summed E-state index contributed by atoms with van der Waals surface area (Å²) < 4.78 is 1.19. The molecule has 1 aliphatic heterocycles. The largest absolute Gasteiger partial charge is 0.504 e. The molecule has 22 N–H and O–H groups in total. The lowest BCUT2D eigenvalue weighted by Crippen LogP contribution is -2.60. The number of aromatic hydroxyl groups is 2. The van der Waals surface area contributed by atoms with Gasteiger partial charge in [-0.1, -0.05) is 11.6 Å². The van der Waals surface area contributed by atoms with Crippen molar-refractivity contribution in [2.75, 3.05) is 45.9 Å². The van der Waals surface area contributed by atoms with Crippen LogP contribution in [0.5, 0.6) is 11.5 Å². The summed E-state index contributed by atoms with van der Waals surface area (Å²) in [6, 6.07) is -7.61. The van der Waals surface area contributed by atoms with E-state index in [1.807, 2.05) is 0 Å². The highest BCUT2D eigenvalue weighted by Gasteiger charge is 2.35. The Hall–Kier alpha value is -8.24. The smallest absolute Gasteiger partial charge is 0.268 e. The van der Waals surface area contributed by atoms with Crippen LogP contribution in [0.15, 0.2) is 23.7 Å². The number of guanidine groups is 1. The lowest BCUT2D eigenvalue weighted by molar-refractivity contribution is -0.173. The number of H-pyrrole nitrogens is 1. The van der Waals surface area contributed by atoms with Crippen molar-refractivity contribution in [2.24, 2.45) is 27.9 Å². The van der Waals surface area contributed by atoms with Gasteiger partial charge < -0.3 is 80.5 Å². The predicted molar refractivity (Wildman–Crippen MR) is 276 cm³/mol. The van der Waals surface area contributed by atoms with Crippen LogP contribution in [0.25, 0.3) is 16.9 Å². The molecule has 0 radical (unpaired) electrons. The maximum atomic E-state index is 14.2. The third-order valence-electron chi connectivity index (χ3n) is 12.2. The molecule has 3 heterocycles. The zero-order valence-corrected chi connectivity index (χ0v) is 43.8. The molecule has 1 fully saturated rings. The molecule has 1 saturated heterocycles. The minimum Gasteiger partial charge on any atom is -0.504 e. The van der Waals surface area contributed by atoms with E-state index >= 15 is 0 Å². The van der Waals surface area contributed by atoms with Gasteiger partial charge in [-0.2, -0.15) is 0 Å². The summed E-state index contributed by atoms with van der Waals surface area (Å²) in [5, 5.41) is 77.0. The van der Waals surface area contributed by atoms with Crippen molar-refractivity contribution in [1.29, 1.82) is 5.41 Å². The Bertz CT molecular complexity index is 2770. The minimum atomic E-state index is -1.63. The number of nitrogens with one attached hydrogen (secondary N) is 9. The molecule has 4 rings (SSSR count). The second-order valence-corrected chi connectivity index (χ2v) is 18.4. The molecule has 33 nitrogen and oxygen atoms in total. The van der Waals surface area contributed by atoms with E-state index in [1.165, 1.54) is 10.9 Å². The number of rotatable bonds is 30. The molecular formula is C45H68ClN19O14. The van der Waals surface area contributed by atoms with Gasteiger partial charge >= 0.3 is 0 Å². The average molecular weight is 1130 g/mol. The highest BCUT2D eigenvalue weighted by molar-refractivity contribution is 6.33. The molecule has 2 aromatic heterocycles. The Morgan fingerprint density at radius 1 is 0.848 bits per heavy atom. The maximum Gasteiger partial charge on any atom is 0.268 e. The number of piperidine rings is 1. The highest BCUT2D eigenvalue weighted by Crippen LogP contribution is 2.40. The van der Waals surface area contributed by atoms with Crippen molar-refractivity contribution in [1.82, 2.24) is 66.9 Å². The van der Waals surface area contributed by atoms with E-state index in [9.17, 15) is 68.9 Å². The summed E-state index contributed by atoms with van der Waals surface area (Å²) >= 11 is 6.16. The first-order chi connectivity index (χ1) is 37.5. The van der Waals surface area contributed by atoms with E-state index in [4.69, 9.17) is 39.9 Å². The van der Waals surface area contributed by atoms with Gasteiger partial charge in [0.05, 0.1) is 30.2 Å². The molecule has 434 valence electrons. The standard InChI is InChI=1S/C45H68ClN19O14/c1-22(67)64(78)15-5-10-27(40(73)59-26(8-3-13-48)41(74)62-29(19-66)42(75)61-28-11-6-16-65(79)44(28)77)60-39(72)25(7-2-12-47)58-38(71)24(9-4-14-52-45(50)51)57-31(68)18-53-43(76)32-30(17-23(46)34(69)35(32)70)63-21-56-36(49)33-37(63)55-20-54-33/h17,20-21,24-29,49,66,69-70,78-79H,2-16,18-19,47-48H2,1H3,(H,53,76)(H,54,55)(H,57,68)(H,58,71)(H,59,73)(H,60,72)(H,61,75)(H,62,74)(H4,50,51,52). The number of halogens is 1. The number of hydroxylamine groups is 4. The Labute approximate surface area is 455 Å². The molecule has 1 aromatic carbocycles. The first kappa shape index (κ1) is 63.3. The van der Waals surface area contributed by atoms with Crippen LogP contribution in [0.1, 0.15) is 81.5 Å². The second kappa shape index (κ2) is 30.6. The Kier molecular flexibility index (Phi) is 24.5. The highest BCUT2D eigenvalue weighted by atomic mass is 35.5. The van der Waals surface area contributed by atoms with Gasteiger partial charge in [0.1, 0.15) is 53.7 Å². The van der Waals surface area contributed by atoms with Crippen molar-refractivity contribution >= 4 is 81.9 Å². The van der Waals surface area contributed by atoms with Crippen molar-refractivity contribution in [2.45, 2.75) is 107 Å². The molecule has 0 bridgehead atoms. The van der Waals surface area contributed by atoms with Crippen LogP contribution in [0.2, 0.25) is 5.02 Å². The fourth-order valence-corrected chi connectivity index (χ4v) is 8.14. The topological polar surface area (TPSA) is 532 Å². The molecule has 6 unspecified atom stereocenters. The molecule has 0 aliphatic carbocycles. The van der Waals surface area contributed by atoms with Crippen molar-refractivity contribution in [3.8, 4) is 17.2 Å². The Morgan fingerprint density at radius 2 is 1.41 bits per heavy atom. The van der Waals surface area contributed by atoms with Crippen molar-refractivity contribution < 1.29 is 68.9 Å². The van der Waals surface area contributed by atoms with E-state index in [-0.39, 0.29) is 124 Å². The number of amides is 9. The fraction of sp³-hybridized carbons (Fsp3) is 0.533. The van der Waals surface area contributed by atoms with Gasteiger partial charge in [0.15, 0.2) is 28.6 Å². The number of nitrogens with two attached hydrogens (primary N) is 4. The molecular weight excluding hydrogens is 1070 g/mol. The summed E-state index contributed by atoms with van der Waals surface area (Å²) in [5.41, 5.74) is 21.7. The fourth-order valence-electron chi connectivity index (χ4n) is 7.95. The van der Waals surface area contributed by atoms with Crippen LogP contribution in [0.4, 0.5) is 0 Å². The lowest BCUT2D eigenvalue weighted by Gasteiger charge is -2.29. The number of hydrogen-bond acceptors (Lipinski definition) is 20. The van der Waals surface area contributed by atoms with E-state index in [1.54, 1.807) is 0 Å². The third kappa shape index (κ3) is 18.2. The lowest BCUT2D eigenvalue weighted by atomic mass is 10.0. The number of carbonyl (C=O) groups excluding carboxylic acids is 9. The molecule has 34 heteroatoms. The number of fused-ring (bicyclic) bond motifs is 1. The summed E-state index contributed by atoms with van der Waals surface area (Å²) in [6.07, 6.45) is 2.38. The number of imidazole rings is 1. The SMILES string of the molecule is CC(=O)N(O)CCCC(NC(=O)C(CCCN)NC(=O)C(CCCN=C(N)N)NC(=O)CNC(=O)c1c(-n2cnc(=N)c3[nH]cnc32)cc(Cl)c(O)c1O)C(=O)NC(CCCN)C(=O)NC(CO)C(=O)NC1CCCN(O)C1=O. The number of benzene rings is 1. The van der Waals surface area contributed by atoms with Gasteiger partial charge in [-0.3, -0.25) is 68.5 Å². The minimum absolute atomic E-state index is 0.0146. The average Bonchev–Trinajstić information content (AvgIpc) is 3.96. The van der Waals surface area contributed by atoms with Gasteiger partial charge in [-0.25, -0.2) is 20.1 Å². The van der Waals surface area contributed by atoms with E-state index in [0.717, 1.165) is 19.3 Å². The summed E-state index contributed by atoms with van der Waals surface area (Å²) in [5.74, 6) is -10.6. The number of aromatic amines is 1. The number of nitrogens with zero attached hydrogens (tertiary/aromatic N) is 6.